The highest BCUT2D eigenvalue weighted by molar-refractivity contribution is 7.25. The number of thiophene rings is 1. The summed E-state index contributed by atoms with van der Waals surface area (Å²) in [5.41, 5.74) is 9.40. The second-order valence-corrected chi connectivity index (χ2v) is 10.3. The van der Waals surface area contributed by atoms with Gasteiger partial charge in [-0.3, -0.25) is 0 Å². The summed E-state index contributed by atoms with van der Waals surface area (Å²) in [6, 6.07) is 29.4. The highest BCUT2D eigenvalue weighted by Crippen LogP contribution is 2.50. The minimum atomic E-state index is 0.0149. The van der Waals surface area contributed by atoms with Crippen molar-refractivity contribution >= 4 is 42.9 Å². The normalized spacial score (nSPS) is 14.1. The maximum atomic E-state index is 2.39. The van der Waals surface area contributed by atoms with Crippen molar-refractivity contribution in [3.63, 3.8) is 0 Å². The summed E-state index contributed by atoms with van der Waals surface area (Å²) in [5, 5.41) is 2.69. The van der Waals surface area contributed by atoms with E-state index in [9.17, 15) is 0 Å². The number of benzene rings is 4. The van der Waals surface area contributed by atoms with Crippen molar-refractivity contribution in [1.82, 2.24) is 0 Å². The average molecular weight is 420 g/mol. The van der Waals surface area contributed by atoms with Gasteiger partial charge < -0.3 is 4.90 Å². The first-order chi connectivity index (χ1) is 14.9. The van der Waals surface area contributed by atoms with Crippen LogP contribution in [0.25, 0.3) is 31.3 Å². The molecule has 0 fully saturated rings. The minimum Gasteiger partial charge on any atom is -0.345 e. The van der Waals surface area contributed by atoms with Crippen molar-refractivity contribution in [3.8, 4) is 11.1 Å². The SMILES string of the molecule is Cc1ccc2c(c1)C(C)(C)c1cc(N(C)c3ccc4sc5ccccc5c4c3)ccc1-2. The van der Waals surface area contributed by atoms with Crippen LogP contribution >= 0.6 is 11.3 Å². The zero-order chi connectivity index (χ0) is 21.3. The highest BCUT2D eigenvalue weighted by atomic mass is 32.1. The molecule has 1 heterocycles. The maximum absolute atomic E-state index is 2.39. The molecule has 0 saturated carbocycles. The highest BCUT2D eigenvalue weighted by Gasteiger charge is 2.35. The average Bonchev–Trinajstić information content (AvgIpc) is 3.25. The third-order valence-corrected chi connectivity index (χ3v) is 8.10. The van der Waals surface area contributed by atoms with E-state index in [1.54, 1.807) is 0 Å². The molecule has 1 aliphatic carbocycles. The molecule has 0 amide bonds. The van der Waals surface area contributed by atoms with Gasteiger partial charge in [-0.1, -0.05) is 61.9 Å². The van der Waals surface area contributed by atoms with Crippen molar-refractivity contribution in [2.45, 2.75) is 26.2 Å². The zero-order valence-corrected chi connectivity index (χ0v) is 19.2. The molecule has 0 radical (unpaired) electrons. The van der Waals surface area contributed by atoms with Crippen LogP contribution in [0.1, 0.15) is 30.5 Å². The largest absolute Gasteiger partial charge is 0.345 e. The molecule has 0 bridgehead atoms. The first kappa shape index (κ1) is 18.7. The predicted molar refractivity (Wildman–Crippen MR) is 136 cm³/mol. The van der Waals surface area contributed by atoms with E-state index in [1.165, 1.54) is 59.4 Å². The van der Waals surface area contributed by atoms with Crippen LogP contribution in [0, 0.1) is 6.92 Å². The van der Waals surface area contributed by atoms with Gasteiger partial charge >= 0.3 is 0 Å². The second kappa shape index (κ2) is 6.45. The van der Waals surface area contributed by atoms with E-state index in [0.29, 0.717) is 0 Å². The summed E-state index contributed by atoms with van der Waals surface area (Å²) in [6.07, 6.45) is 0. The summed E-state index contributed by atoms with van der Waals surface area (Å²) < 4.78 is 2.70. The lowest BCUT2D eigenvalue weighted by atomic mass is 9.82. The van der Waals surface area contributed by atoms with Crippen LogP contribution in [0.4, 0.5) is 11.4 Å². The lowest BCUT2D eigenvalue weighted by molar-refractivity contribution is 0.660. The molecule has 1 nitrogen and oxygen atoms in total. The Kier molecular flexibility index (Phi) is 3.88. The molecular formula is C29H25NS. The lowest BCUT2D eigenvalue weighted by Crippen LogP contribution is -2.16. The first-order valence-electron chi connectivity index (χ1n) is 10.8. The number of hydrogen-bond acceptors (Lipinski definition) is 2. The number of nitrogens with zero attached hydrogens (tertiary/aromatic N) is 1. The zero-order valence-electron chi connectivity index (χ0n) is 18.4. The number of fused-ring (bicyclic) bond motifs is 6. The fraction of sp³-hybridized carbons (Fsp3) is 0.172. The lowest BCUT2D eigenvalue weighted by Gasteiger charge is -2.25. The molecule has 0 aliphatic heterocycles. The Morgan fingerprint density at radius 1 is 0.677 bits per heavy atom. The predicted octanol–water partition coefficient (Wildman–Crippen LogP) is 8.44. The van der Waals surface area contributed by atoms with E-state index in [2.05, 4.69) is 112 Å². The van der Waals surface area contributed by atoms with Crippen LogP contribution < -0.4 is 4.90 Å². The van der Waals surface area contributed by atoms with Crippen LogP contribution in [-0.2, 0) is 5.41 Å². The molecule has 31 heavy (non-hydrogen) atoms. The van der Waals surface area contributed by atoms with Crippen LogP contribution in [0.2, 0.25) is 0 Å². The van der Waals surface area contributed by atoms with E-state index in [1.807, 2.05) is 11.3 Å². The van der Waals surface area contributed by atoms with Crippen LogP contribution in [0.15, 0.2) is 78.9 Å². The number of rotatable bonds is 2. The molecule has 0 atom stereocenters. The third-order valence-electron chi connectivity index (χ3n) is 6.95. The van der Waals surface area contributed by atoms with Gasteiger partial charge in [0.2, 0.25) is 0 Å². The van der Waals surface area contributed by atoms with E-state index in [-0.39, 0.29) is 5.41 Å². The van der Waals surface area contributed by atoms with Crippen molar-refractivity contribution in [2.24, 2.45) is 0 Å². The molecule has 0 N–H and O–H groups in total. The van der Waals surface area contributed by atoms with Gasteiger partial charge in [0.1, 0.15) is 0 Å². The smallest absolute Gasteiger partial charge is 0.0415 e. The van der Waals surface area contributed by atoms with E-state index < -0.39 is 0 Å². The van der Waals surface area contributed by atoms with E-state index in [0.717, 1.165) is 0 Å². The summed E-state index contributed by atoms with van der Waals surface area (Å²) in [7, 11) is 2.18. The number of anilines is 2. The Bertz CT molecular complexity index is 1490. The monoisotopic (exact) mass is 419 g/mol. The molecule has 5 aromatic rings. The molecule has 2 heteroatoms. The van der Waals surface area contributed by atoms with Crippen molar-refractivity contribution in [1.29, 1.82) is 0 Å². The fourth-order valence-corrected chi connectivity index (χ4v) is 6.21. The second-order valence-electron chi connectivity index (χ2n) is 9.24. The molecule has 4 aromatic carbocycles. The molecular weight excluding hydrogens is 394 g/mol. The van der Waals surface area contributed by atoms with Gasteiger partial charge in [-0.05, 0) is 65.6 Å². The third kappa shape index (κ3) is 2.68. The van der Waals surface area contributed by atoms with Gasteiger partial charge in [0, 0.05) is 44.0 Å². The Labute approximate surface area is 187 Å². The molecule has 6 rings (SSSR count). The fourth-order valence-electron chi connectivity index (χ4n) is 5.12. The molecule has 1 aromatic heterocycles. The van der Waals surface area contributed by atoms with Crippen molar-refractivity contribution in [2.75, 3.05) is 11.9 Å². The van der Waals surface area contributed by atoms with Crippen LogP contribution in [-0.4, -0.2) is 7.05 Å². The van der Waals surface area contributed by atoms with Crippen LogP contribution in [0.5, 0.6) is 0 Å². The molecule has 1 aliphatic rings. The van der Waals surface area contributed by atoms with Crippen molar-refractivity contribution in [3.05, 3.63) is 95.6 Å². The topological polar surface area (TPSA) is 3.24 Å². The van der Waals surface area contributed by atoms with Gasteiger partial charge in [0.05, 0.1) is 0 Å². The quantitative estimate of drug-likeness (QED) is 0.277. The molecule has 152 valence electrons. The first-order valence-corrected chi connectivity index (χ1v) is 11.7. The number of aryl methyl sites for hydroxylation is 1. The minimum absolute atomic E-state index is 0.0149. The van der Waals surface area contributed by atoms with Crippen LogP contribution in [0.3, 0.4) is 0 Å². The summed E-state index contributed by atoms with van der Waals surface area (Å²) in [4.78, 5) is 2.32. The number of hydrogen-bond donors (Lipinski definition) is 0. The van der Waals surface area contributed by atoms with E-state index in [4.69, 9.17) is 0 Å². The van der Waals surface area contributed by atoms with Gasteiger partial charge in [-0.15, -0.1) is 11.3 Å². The summed E-state index contributed by atoms with van der Waals surface area (Å²) >= 11 is 1.87. The van der Waals surface area contributed by atoms with Gasteiger partial charge in [0.25, 0.3) is 0 Å². The van der Waals surface area contributed by atoms with Gasteiger partial charge in [-0.25, -0.2) is 0 Å². The molecule has 0 spiro atoms. The molecule has 0 saturated heterocycles. The Hall–Kier alpha value is -3.10. The van der Waals surface area contributed by atoms with E-state index >= 15 is 0 Å². The van der Waals surface area contributed by atoms with Gasteiger partial charge in [0.15, 0.2) is 0 Å². The van der Waals surface area contributed by atoms with Gasteiger partial charge in [-0.2, -0.15) is 0 Å². The Morgan fingerprint density at radius 2 is 1.32 bits per heavy atom. The summed E-state index contributed by atoms with van der Waals surface area (Å²) in [6.45, 7) is 6.89. The molecule has 0 unspecified atom stereocenters. The van der Waals surface area contributed by atoms with Crippen molar-refractivity contribution < 1.29 is 0 Å². The Balaban J connectivity index is 1.45. The summed E-state index contributed by atoms with van der Waals surface area (Å²) in [5.74, 6) is 0. The Morgan fingerprint density at radius 3 is 2.16 bits per heavy atom. The standard InChI is InChI=1S/C29H25NS/c1-18-9-12-21-22-13-10-20(17-26(22)29(2,3)25(21)15-18)30(4)19-11-14-28-24(16-19)23-7-5-6-8-27(23)31-28/h5-17H,1-4H3. The maximum Gasteiger partial charge on any atom is 0.0415 e.